The average molecular weight is 234 g/mol. The largest absolute Gasteiger partial charge is 0.377 e. The zero-order valence-corrected chi connectivity index (χ0v) is 10.3. The van der Waals surface area contributed by atoms with Gasteiger partial charge in [0, 0.05) is 18.8 Å². The highest BCUT2D eigenvalue weighted by Crippen LogP contribution is 2.20. The molecular formula is C11H20ClNO2. The normalized spacial score (nSPS) is 20.3. The Balaban J connectivity index is 2.42. The molecule has 0 saturated carbocycles. The van der Waals surface area contributed by atoms with Gasteiger partial charge >= 0.3 is 0 Å². The van der Waals surface area contributed by atoms with Crippen LogP contribution in [0.4, 0.5) is 0 Å². The quantitative estimate of drug-likeness (QED) is 0.549. The second-order valence-electron chi connectivity index (χ2n) is 4.56. The van der Waals surface area contributed by atoms with Crippen molar-refractivity contribution in [3.8, 4) is 0 Å². The highest BCUT2D eigenvalue weighted by molar-refractivity contribution is 6.17. The summed E-state index contributed by atoms with van der Waals surface area (Å²) in [7, 11) is 0. The van der Waals surface area contributed by atoms with Crippen LogP contribution in [0.15, 0.2) is 0 Å². The van der Waals surface area contributed by atoms with E-state index in [1.807, 2.05) is 18.7 Å². The van der Waals surface area contributed by atoms with Crippen LogP contribution in [0.5, 0.6) is 0 Å². The molecule has 1 fully saturated rings. The van der Waals surface area contributed by atoms with Crippen LogP contribution in [0, 0.1) is 0 Å². The Hall–Kier alpha value is -0.280. The van der Waals surface area contributed by atoms with Crippen LogP contribution >= 0.6 is 11.6 Å². The molecule has 3 nitrogen and oxygen atoms in total. The van der Waals surface area contributed by atoms with Crippen molar-refractivity contribution in [2.24, 2.45) is 0 Å². The maximum atomic E-state index is 11.9. The van der Waals surface area contributed by atoms with Crippen molar-refractivity contribution in [2.75, 3.05) is 25.6 Å². The minimum absolute atomic E-state index is 0.156. The summed E-state index contributed by atoms with van der Waals surface area (Å²) in [5.41, 5.74) is -0.156. The molecule has 0 radical (unpaired) electrons. The van der Waals surface area contributed by atoms with Gasteiger partial charge in [-0.3, -0.25) is 4.79 Å². The highest BCUT2D eigenvalue weighted by atomic mass is 35.5. The summed E-state index contributed by atoms with van der Waals surface area (Å²) in [5.74, 6) is 0.869. The monoisotopic (exact) mass is 233 g/mol. The van der Waals surface area contributed by atoms with E-state index in [1.165, 1.54) is 0 Å². The number of ether oxygens (including phenoxy) is 1. The predicted octanol–water partition coefficient (Wildman–Crippen LogP) is 2.03. The zero-order valence-electron chi connectivity index (χ0n) is 9.59. The van der Waals surface area contributed by atoms with Crippen molar-refractivity contribution in [1.29, 1.82) is 0 Å². The summed E-state index contributed by atoms with van der Waals surface area (Å²) < 4.78 is 5.38. The first kappa shape index (κ1) is 12.8. The average Bonchev–Trinajstić information content (AvgIpc) is 2.17. The maximum Gasteiger partial charge on any atom is 0.223 e. The van der Waals surface area contributed by atoms with Crippen molar-refractivity contribution in [3.63, 3.8) is 0 Å². The van der Waals surface area contributed by atoms with Gasteiger partial charge in [0.2, 0.25) is 5.91 Å². The number of hydrogen-bond donors (Lipinski definition) is 0. The standard InChI is InChI=1S/C11H20ClNO2/c1-11(2)9-15-8-7-13(11)10(14)5-3-4-6-12/h3-9H2,1-2H3. The molecule has 1 saturated heterocycles. The first-order chi connectivity index (χ1) is 7.08. The lowest BCUT2D eigenvalue weighted by Crippen LogP contribution is -2.55. The van der Waals surface area contributed by atoms with E-state index in [9.17, 15) is 4.79 Å². The Bertz CT molecular complexity index is 219. The molecule has 4 heteroatoms. The van der Waals surface area contributed by atoms with Gasteiger partial charge in [-0.15, -0.1) is 11.6 Å². The molecule has 1 aliphatic rings. The van der Waals surface area contributed by atoms with Crippen LogP contribution in [0.3, 0.4) is 0 Å². The third kappa shape index (κ3) is 3.65. The minimum Gasteiger partial charge on any atom is -0.377 e. The molecule has 1 heterocycles. The fraction of sp³-hybridized carbons (Fsp3) is 0.909. The summed E-state index contributed by atoms with van der Waals surface area (Å²) in [6.07, 6.45) is 2.41. The molecule has 1 amide bonds. The summed E-state index contributed by atoms with van der Waals surface area (Å²) >= 11 is 5.58. The number of morpholine rings is 1. The number of carbonyl (C=O) groups excluding carboxylic acids is 1. The van der Waals surface area contributed by atoms with Gasteiger partial charge in [0.25, 0.3) is 0 Å². The van der Waals surface area contributed by atoms with E-state index in [0.29, 0.717) is 32.1 Å². The molecule has 0 bridgehead atoms. The van der Waals surface area contributed by atoms with Crippen molar-refractivity contribution < 1.29 is 9.53 Å². The summed E-state index contributed by atoms with van der Waals surface area (Å²) in [4.78, 5) is 13.9. The lowest BCUT2D eigenvalue weighted by molar-refractivity contribution is -0.146. The van der Waals surface area contributed by atoms with Gasteiger partial charge in [0.15, 0.2) is 0 Å². The lowest BCUT2D eigenvalue weighted by Gasteiger charge is -2.42. The molecular weight excluding hydrogens is 214 g/mol. The minimum atomic E-state index is -0.156. The molecule has 88 valence electrons. The predicted molar refractivity (Wildman–Crippen MR) is 61.2 cm³/mol. The van der Waals surface area contributed by atoms with Gasteiger partial charge in [-0.25, -0.2) is 0 Å². The van der Waals surface area contributed by atoms with Crippen molar-refractivity contribution in [3.05, 3.63) is 0 Å². The number of halogens is 1. The van der Waals surface area contributed by atoms with Crippen LogP contribution in [-0.2, 0) is 9.53 Å². The molecule has 15 heavy (non-hydrogen) atoms. The Morgan fingerprint density at radius 2 is 2.20 bits per heavy atom. The molecule has 0 atom stereocenters. The Morgan fingerprint density at radius 1 is 1.47 bits per heavy atom. The first-order valence-corrected chi connectivity index (χ1v) is 6.05. The van der Waals surface area contributed by atoms with Gasteiger partial charge < -0.3 is 9.64 Å². The van der Waals surface area contributed by atoms with Crippen molar-refractivity contribution in [1.82, 2.24) is 4.90 Å². The van der Waals surface area contributed by atoms with Gasteiger partial charge in [-0.05, 0) is 26.7 Å². The molecule has 0 N–H and O–H groups in total. The second kappa shape index (κ2) is 5.71. The molecule has 0 aromatic carbocycles. The molecule has 1 aliphatic heterocycles. The van der Waals surface area contributed by atoms with Gasteiger partial charge in [0.1, 0.15) is 0 Å². The third-order valence-corrected chi connectivity index (χ3v) is 2.99. The third-order valence-electron chi connectivity index (χ3n) is 2.72. The Morgan fingerprint density at radius 3 is 2.80 bits per heavy atom. The lowest BCUT2D eigenvalue weighted by atomic mass is 10.0. The molecule has 0 aromatic heterocycles. The van der Waals surface area contributed by atoms with Crippen molar-refractivity contribution >= 4 is 17.5 Å². The highest BCUT2D eigenvalue weighted by Gasteiger charge is 2.33. The molecule has 0 unspecified atom stereocenters. The van der Waals surface area contributed by atoms with E-state index < -0.39 is 0 Å². The molecule has 1 rings (SSSR count). The number of hydrogen-bond acceptors (Lipinski definition) is 2. The summed E-state index contributed by atoms with van der Waals surface area (Å²) in [5, 5.41) is 0. The van der Waals surface area contributed by atoms with Gasteiger partial charge in [0.05, 0.1) is 18.8 Å². The number of amides is 1. The Labute approximate surface area is 96.7 Å². The smallest absolute Gasteiger partial charge is 0.223 e. The number of unbranched alkanes of at least 4 members (excludes halogenated alkanes) is 1. The number of carbonyl (C=O) groups is 1. The van der Waals surface area contributed by atoms with E-state index in [1.54, 1.807) is 0 Å². The van der Waals surface area contributed by atoms with Crippen LogP contribution in [0.1, 0.15) is 33.1 Å². The first-order valence-electron chi connectivity index (χ1n) is 5.52. The van der Waals surface area contributed by atoms with Gasteiger partial charge in [-0.2, -0.15) is 0 Å². The van der Waals surface area contributed by atoms with E-state index in [4.69, 9.17) is 16.3 Å². The molecule has 0 spiro atoms. The summed E-state index contributed by atoms with van der Waals surface area (Å²) in [6.45, 7) is 6.10. The number of rotatable bonds is 4. The van der Waals surface area contributed by atoms with E-state index in [-0.39, 0.29) is 11.4 Å². The fourth-order valence-electron chi connectivity index (χ4n) is 1.83. The van der Waals surface area contributed by atoms with Crippen LogP contribution < -0.4 is 0 Å². The summed E-state index contributed by atoms with van der Waals surface area (Å²) in [6, 6.07) is 0. The van der Waals surface area contributed by atoms with Crippen LogP contribution in [0.2, 0.25) is 0 Å². The number of alkyl halides is 1. The molecule has 0 aliphatic carbocycles. The second-order valence-corrected chi connectivity index (χ2v) is 4.93. The van der Waals surface area contributed by atoms with E-state index >= 15 is 0 Å². The van der Waals surface area contributed by atoms with Crippen molar-refractivity contribution in [2.45, 2.75) is 38.6 Å². The van der Waals surface area contributed by atoms with Crippen LogP contribution in [-0.4, -0.2) is 42.0 Å². The van der Waals surface area contributed by atoms with E-state index in [2.05, 4.69) is 0 Å². The zero-order chi connectivity index (χ0) is 11.3. The van der Waals surface area contributed by atoms with Gasteiger partial charge in [-0.1, -0.05) is 0 Å². The maximum absolute atomic E-state index is 11.9. The van der Waals surface area contributed by atoms with E-state index in [0.717, 1.165) is 12.8 Å². The number of nitrogens with zero attached hydrogens (tertiary/aromatic N) is 1. The molecule has 0 aromatic rings. The Kier molecular flexibility index (Phi) is 4.87. The van der Waals surface area contributed by atoms with Crippen LogP contribution in [0.25, 0.3) is 0 Å². The SMILES string of the molecule is CC1(C)COCCN1C(=O)CCCCCl. The fourth-order valence-corrected chi connectivity index (χ4v) is 2.02. The topological polar surface area (TPSA) is 29.5 Å².